The number of nitrogens with one attached hydrogen (secondary N) is 2. The molecule has 194 valence electrons. The summed E-state index contributed by atoms with van der Waals surface area (Å²) in [5.41, 5.74) is 4.13. The first-order chi connectivity index (χ1) is 18.5. The van der Waals surface area contributed by atoms with E-state index in [0.29, 0.717) is 29.6 Å². The zero-order valence-electron chi connectivity index (χ0n) is 21.6. The first-order valence-corrected chi connectivity index (χ1v) is 12.8. The number of aryl methyl sites for hydroxylation is 1. The third kappa shape index (κ3) is 4.43. The lowest BCUT2D eigenvalue weighted by Crippen LogP contribution is -2.36. The fourth-order valence-electron chi connectivity index (χ4n) is 5.12. The van der Waals surface area contributed by atoms with Gasteiger partial charge in [-0.2, -0.15) is 10.1 Å². The summed E-state index contributed by atoms with van der Waals surface area (Å²) in [4.78, 5) is 24.9. The maximum Gasteiger partial charge on any atom is 0.278 e. The largest absolute Gasteiger partial charge is 0.382 e. The Bertz CT molecular complexity index is 1690. The van der Waals surface area contributed by atoms with Gasteiger partial charge in [0.15, 0.2) is 5.65 Å². The number of aromatic nitrogens is 6. The van der Waals surface area contributed by atoms with Crippen LogP contribution in [0.15, 0.2) is 72.3 Å². The summed E-state index contributed by atoms with van der Waals surface area (Å²) in [5, 5.41) is 12.7. The smallest absolute Gasteiger partial charge is 0.278 e. The van der Waals surface area contributed by atoms with Crippen molar-refractivity contribution in [1.29, 1.82) is 0 Å². The van der Waals surface area contributed by atoms with Gasteiger partial charge in [0.2, 0.25) is 5.95 Å². The molecule has 4 heterocycles. The van der Waals surface area contributed by atoms with Gasteiger partial charge in [-0.1, -0.05) is 12.1 Å². The molecule has 3 aromatic heterocycles. The molecule has 6 rings (SSSR count). The monoisotopic (exact) mass is 509 g/mol. The summed E-state index contributed by atoms with van der Waals surface area (Å²) in [7, 11) is 4.08. The van der Waals surface area contributed by atoms with Crippen LogP contribution in [0.1, 0.15) is 12.8 Å². The van der Waals surface area contributed by atoms with E-state index >= 15 is 0 Å². The van der Waals surface area contributed by atoms with E-state index in [1.807, 2.05) is 52.9 Å². The van der Waals surface area contributed by atoms with Crippen LogP contribution >= 0.6 is 0 Å². The van der Waals surface area contributed by atoms with Gasteiger partial charge < -0.3 is 15.5 Å². The fraction of sp³-hybridized carbons (Fsp3) is 0.286. The second-order valence-electron chi connectivity index (χ2n) is 9.86. The number of piperidine rings is 1. The van der Waals surface area contributed by atoms with Gasteiger partial charge in [-0.15, -0.1) is 6.58 Å². The molecule has 0 unspecified atom stereocenters. The normalized spacial score (nSPS) is 14.8. The first kappa shape index (κ1) is 23.9. The van der Waals surface area contributed by atoms with E-state index in [2.05, 4.69) is 51.4 Å². The Morgan fingerprint density at radius 2 is 1.92 bits per heavy atom. The number of likely N-dealkylation sites (tertiary alicyclic amines) is 1. The zero-order chi connectivity index (χ0) is 26.2. The highest BCUT2D eigenvalue weighted by Gasteiger charge is 2.19. The summed E-state index contributed by atoms with van der Waals surface area (Å²) < 4.78 is 5.33. The molecule has 2 aromatic carbocycles. The molecule has 0 bridgehead atoms. The molecule has 1 fully saturated rings. The molecule has 10 heteroatoms. The molecule has 1 aliphatic rings. The number of nitrogens with zero attached hydrogens (tertiary/aromatic N) is 7. The van der Waals surface area contributed by atoms with Crippen LogP contribution in [0, 0.1) is 0 Å². The van der Waals surface area contributed by atoms with E-state index in [9.17, 15) is 4.79 Å². The SMILES string of the molecule is C=CCn1c(=O)c2cnc(Nc3ccc4c(cnn4C)c3)nc2n1-c1cccc(NC2CCN(C)CC2)c1. The number of fused-ring (bicyclic) bond motifs is 2. The van der Waals surface area contributed by atoms with Gasteiger partial charge in [0.1, 0.15) is 5.39 Å². The minimum atomic E-state index is -0.156. The number of benzene rings is 2. The molecular weight excluding hydrogens is 478 g/mol. The predicted octanol–water partition coefficient (Wildman–Crippen LogP) is 3.90. The van der Waals surface area contributed by atoms with E-state index in [-0.39, 0.29) is 5.56 Å². The maximum atomic E-state index is 13.3. The van der Waals surface area contributed by atoms with Gasteiger partial charge in [-0.25, -0.2) is 14.3 Å². The molecule has 0 aliphatic carbocycles. The topological polar surface area (TPSA) is 97.8 Å². The highest BCUT2D eigenvalue weighted by molar-refractivity contribution is 5.83. The van der Waals surface area contributed by atoms with Crippen molar-refractivity contribution in [2.75, 3.05) is 30.8 Å². The second-order valence-corrected chi connectivity index (χ2v) is 9.86. The van der Waals surface area contributed by atoms with Gasteiger partial charge >= 0.3 is 0 Å². The van der Waals surface area contributed by atoms with E-state index < -0.39 is 0 Å². The lowest BCUT2D eigenvalue weighted by Gasteiger charge is -2.30. The van der Waals surface area contributed by atoms with Crippen molar-refractivity contribution >= 4 is 39.3 Å². The Kier molecular flexibility index (Phi) is 6.16. The van der Waals surface area contributed by atoms with Crippen molar-refractivity contribution in [2.24, 2.45) is 7.05 Å². The van der Waals surface area contributed by atoms with Crippen LogP contribution in [0.3, 0.4) is 0 Å². The van der Waals surface area contributed by atoms with Gasteiger partial charge in [0.25, 0.3) is 5.56 Å². The van der Waals surface area contributed by atoms with Crippen LogP contribution in [0.2, 0.25) is 0 Å². The number of hydrogen-bond acceptors (Lipinski definition) is 7. The van der Waals surface area contributed by atoms with Crippen molar-refractivity contribution in [1.82, 2.24) is 34.0 Å². The Balaban J connectivity index is 1.38. The number of hydrogen-bond donors (Lipinski definition) is 2. The van der Waals surface area contributed by atoms with Crippen molar-refractivity contribution in [3.8, 4) is 5.69 Å². The molecule has 1 saturated heterocycles. The van der Waals surface area contributed by atoms with Gasteiger partial charge in [0.05, 0.1) is 23.9 Å². The zero-order valence-corrected chi connectivity index (χ0v) is 21.6. The summed E-state index contributed by atoms with van der Waals surface area (Å²) in [5.74, 6) is 0.408. The van der Waals surface area contributed by atoms with Gasteiger partial charge in [-0.05, 0) is 69.4 Å². The maximum absolute atomic E-state index is 13.3. The Morgan fingerprint density at radius 3 is 2.74 bits per heavy atom. The first-order valence-electron chi connectivity index (χ1n) is 12.8. The summed E-state index contributed by atoms with van der Waals surface area (Å²) in [6, 6.07) is 14.5. The molecule has 1 aliphatic heterocycles. The van der Waals surface area contributed by atoms with Crippen molar-refractivity contribution in [2.45, 2.75) is 25.4 Å². The third-order valence-electron chi connectivity index (χ3n) is 7.16. The highest BCUT2D eigenvalue weighted by Crippen LogP contribution is 2.24. The van der Waals surface area contributed by atoms with Crippen LogP contribution in [0.25, 0.3) is 27.6 Å². The van der Waals surface area contributed by atoms with Crippen LogP contribution in [-0.4, -0.2) is 60.2 Å². The summed E-state index contributed by atoms with van der Waals surface area (Å²) in [6.45, 7) is 6.37. The number of rotatable bonds is 7. The van der Waals surface area contributed by atoms with E-state index in [0.717, 1.165) is 53.9 Å². The van der Waals surface area contributed by atoms with E-state index in [1.165, 1.54) is 0 Å². The fourth-order valence-corrected chi connectivity index (χ4v) is 5.12. The van der Waals surface area contributed by atoms with Crippen LogP contribution in [0.4, 0.5) is 17.3 Å². The highest BCUT2D eigenvalue weighted by atomic mass is 16.1. The van der Waals surface area contributed by atoms with Crippen molar-refractivity contribution in [3.05, 3.63) is 77.9 Å². The molecule has 0 atom stereocenters. The average Bonchev–Trinajstić information content (AvgIpc) is 3.42. The van der Waals surface area contributed by atoms with Crippen molar-refractivity contribution < 1.29 is 0 Å². The molecule has 2 N–H and O–H groups in total. The Morgan fingerprint density at radius 1 is 1.08 bits per heavy atom. The molecular formula is C28H31N9O. The summed E-state index contributed by atoms with van der Waals surface area (Å²) in [6.07, 6.45) is 7.33. The molecule has 10 nitrogen and oxygen atoms in total. The minimum absolute atomic E-state index is 0.156. The van der Waals surface area contributed by atoms with E-state index in [4.69, 9.17) is 4.98 Å². The van der Waals surface area contributed by atoms with Gasteiger partial charge in [-0.3, -0.25) is 9.48 Å². The molecule has 5 aromatic rings. The Labute approximate surface area is 220 Å². The molecule has 38 heavy (non-hydrogen) atoms. The van der Waals surface area contributed by atoms with Crippen LogP contribution < -0.4 is 16.2 Å². The molecule has 0 radical (unpaired) electrons. The quantitative estimate of drug-likeness (QED) is 0.321. The van der Waals surface area contributed by atoms with Crippen LogP contribution in [0.5, 0.6) is 0 Å². The van der Waals surface area contributed by atoms with E-state index in [1.54, 1.807) is 17.0 Å². The third-order valence-corrected chi connectivity index (χ3v) is 7.16. The summed E-state index contributed by atoms with van der Waals surface area (Å²) >= 11 is 0. The predicted molar refractivity (Wildman–Crippen MR) is 151 cm³/mol. The second kappa shape index (κ2) is 9.79. The van der Waals surface area contributed by atoms with Gasteiger partial charge in [0, 0.05) is 36.0 Å². The Hall–Kier alpha value is -4.44. The minimum Gasteiger partial charge on any atom is -0.382 e. The lowest BCUT2D eigenvalue weighted by molar-refractivity contribution is 0.264. The number of allylic oxidation sites excluding steroid dienone is 1. The molecule has 0 saturated carbocycles. The average molecular weight is 510 g/mol. The van der Waals surface area contributed by atoms with Crippen molar-refractivity contribution in [3.63, 3.8) is 0 Å². The number of anilines is 3. The standard InChI is InChI=1S/C28H31N9O/c1-4-12-36-27(38)24-18-29-28(32-22-8-9-25-19(15-22)17-30-35(25)3)33-26(24)37(36)23-7-5-6-21(16-23)31-20-10-13-34(2)14-11-20/h4-9,15-18,20,31H,1,10-14H2,2-3H3,(H,29,32,33). The van der Waals surface area contributed by atoms with Crippen LogP contribution in [-0.2, 0) is 13.6 Å². The molecule has 0 amide bonds. The lowest BCUT2D eigenvalue weighted by atomic mass is 10.1. The molecule has 0 spiro atoms.